The normalized spacial score (nSPS) is 13.3. The first-order chi connectivity index (χ1) is 8.77. The lowest BCUT2D eigenvalue weighted by molar-refractivity contribution is -0.118. The van der Waals surface area contributed by atoms with E-state index in [0.29, 0.717) is 5.69 Å². The molecule has 1 aromatic carbocycles. The van der Waals surface area contributed by atoms with Gasteiger partial charge in [-0.15, -0.1) is 0 Å². The number of nitrogens with one attached hydrogen (secondary N) is 2. The van der Waals surface area contributed by atoms with Crippen molar-refractivity contribution in [3.05, 3.63) is 24.3 Å². The summed E-state index contributed by atoms with van der Waals surface area (Å²) in [6.45, 7) is 3.71. The fraction of sp³-hybridized carbons (Fsp3) is 0.417. The Bertz CT molecular complexity index is 538. The van der Waals surface area contributed by atoms with Crippen LogP contribution in [0.15, 0.2) is 29.2 Å². The first kappa shape index (κ1) is 15.6. The molecule has 7 heteroatoms. The summed E-state index contributed by atoms with van der Waals surface area (Å²) in [5.74, 6) is -0.261. The van der Waals surface area contributed by atoms with Crippen molar-refractivity contribution in [3.8, 4) is 0 Å². The van der Waals surface area contributed by atoms with E-state index in [1.165, 1.54) is 31.3 Å². The summed E-state index contributed by atoms with van der Waals surface area (Å²) in [7, 11) is -2.12. The zero-order valence-electron chi connectivity index (χ0n) is 11.2. The molecule has 0 unspecified atom stereocenters. The molecule has 4 N–H and O–H groups in total. The van der Waals surface area contributed by atoms with Crippen LogP contribution >= 0.6 is 0 Å². The number of carbonyl (C=O) groups is 1. The number of rotatable bonds is 5. The van der Waals surface area contributed by atoms with Gasteiger partial charge in [0.15, 0.2) is 0 Å². The van der Waals surface area contributed by atoms with Crippen molar-refractivity contribution in [2.75, 3.05) is 12.4 Å². The number of anilines is 1. The maximum absolute atomic E-state index is 11.7. The molecule has 1 rings (SSSR count). The summed E-state index contributed by atoms with van der Waals surface area (Å²) < 4.78 is 25.2. The molecule has 106 valence electrons. The van der Waals surface area contributed by atoms with E-state index in [4.69, 9.17) is 5.73 Å². The van der Waals surface area contributed by atoms with E-state index in [9.17, 15) is 13.2 Å². The van der Waals surface area contributed by atoms with Gasteiger partial charge in [-0.1, -0.05) is 13.8 Å². The van der Waals surface area contributed by atoms with Crippen LogP contribution in [-0.4, -0.2) is 27.4 Å². The predicted molar refractivity (Wildman–Crippen MR) is 74.1 cm³/mol. The van der Waals surface area contributed by atoms with Gasteiger partial charge in [0.2, 0.25) is 15.9 Å². The molecule has 0 aliphatic carbocycles. The van der Waals surface area contributed by atoms with Crippen molar-refractivity contribution in [2.24, 2.45) is 11.7 Å². The molecule has 0 heterocycles. The second-order valence-electron chi connectivity index (χ2n) is 4.49. The Morgan fingerprint density at radius 3 is 2.16 bits per heavy atom. The molecule has 0 fully saturated rings. The largest absolute Gasteiger partial charge is 0.325 e. The average molecular weight is 285 g/mol. The van der Waals surface area contributed by atoms with Crippen molar-refractivity contribution in [2.45, 2.75) is 24.8 Å². The molecule has 0 bridgehead atoms. The highest BCUT2D eigenvalue weighted by Crippen LogP contribution is 2.14. The molecule has 19 heavy (non-hydrogen) atoms. The fourth-order valence-corrected chi connectivity index (χ4v) is 2.09. The van der Waals surface area contributed by atoms with Crippen LogP contribution in [-0.2, 0) is 14.8 Å². The van der Waals surface area contributed by atoms with Gasteiger partial charge >= 0.3 is 0 Å². The molecule has 0 aromatic heterocycles. The maximum Gasteiger partial charge on any atom is 0.241 e. The number of amides is 1. The minimum absolute atomic E-state index is 0.0314. The highest BCUT2D eigenvalue weighted by molar-refractivity contribution is 7.89. The van der Waals surface area contributed by atoms with Gasteiger partial charge in [0, 0.05) is 5.69 Å². The molecule has 1 atom stereocenters. The van der Waals surface area contributed by atoms with Gasteiger partial charge in [-0.2, -0.15) is 0 Å². The Morgan fingerprint density at radius 1 is 1.21 bits per heavy atom. The van der Waals surface area contributed by atoms with E-state index in [-0.39, 0.29) is 16.7 Å². The third kappa shape index (κ3) is 4.02. The standard InChI is InChI=1S/C12H19N3O3S/c1-8(2)11(13)12(16)15-9-4-6-10(7-5-9)19(17,18)14-3/h4-8,11,14H,13H2,1-3H3,(H,15,16)/t11-/m1/s1. The molecule has 1 amide bonds. The smallest absolute Gasteiger partial charge is 0.241 e. The minimum atomic E-state index is -3.46. The molecule has 1 aromatic rings. The van der Waals surface area contributed by atoms with Gasteiger partial charge in [-0.05, 0) is 37.2 Å². The molecule has 0 spiro atoms. The maximum atomic E-state index is 11.7. The lowest BCUT2D eigenvalue weighted by Crippen LogP contribution is -2.39. The molecule has 0 saturated heterocycles. The monoisotopic (exact) mass is 285 g/mol. The lowest BCUT2D eigenvalue weighted by Gasteiger charge is -2.15. The number of sulfonamides is 1. The molecule has 0 aliphatic rings. The van der Waals surface area contributed by atoms with Crippen molar-refractivity contribution >= 4 is 21.6 Å². The number of hydrogen-bond donors (Lipinski definition) is 3. The van der Waals surface area contributed by atoms with Crippen molar-refractivity contribution in [1.82, 2.24) is 4.72 Å². The van der Waals surface area contributed by atoms with Crippen LogP contribution in [0.1, 0.15) is 13.8 Å². The van der Waals surface area contributed by atoms with Crippen LogP contribution in [0.5, 0.6) is 0 Å². The van der Waals surface area contributed by atoms with Crippen LogP contribution in [0.3, 0.4) is 0 Å². The summed E-state index contributed by atoms with van der Waals surface area (Å²) in [5.41, 5.74) is 6.22. The molecule has 6 nitrogen and oxygen atoms in total. The van der Waals surface area contributed by atoms with E-state index < -0.39 is 16.1 Å². The van der Waals surface area contributed by atoms with E-state index in [0.717, 1.165) is 0 Å². The Kier molecular flexibility index (Phi) is 5.04. The Morgan fingerprint density at radius 2 is 1.74 bits per heavy atom. The topological polar surface area (TPSA) is 101 Å². The Hall–Kier alpha value is -1.44. The average Bonchev–Trinajstić information content (AvgIpc) is 2.38. The summed E-state index contributed by atoms with van der Waals surface area (Å²) >= 11 is 0. The highest BCUT2D eigenvalue weighted by Gasteiger charge is 2.17. The Labute approximate surface area is 113 Å². The molecular formula is C12H19N3O3S. The molecule has 0 radical (unpaired) electrons. The van der Waals surface area contributed by atoms with E-state index in [1.807, 2.05) is 13.8 Å². The van der Waals surface area contributed by atoms with Crippen molar-refractivity contribution < 1.29 is 13.2 Å². The van der Waals surface area contributed by atoms with Gasteiger partial charge < -0.3 is 11.1 Å². The first-order valence-corrected chi connectivity index (χ1v) is 7.36. The van der Waals surface area contributed by atoms with Crippen LogP contribution in [0.4, 0.5) is 5.69 Å². The number of nitrogens with two attached hydrogens (primary N) is 1. The quantitative estimate of drug-likeness (QED) is 0.734. The molecule has 0 aliphatic heterocycles. The van der Waals surface area contributed by atoms with E-state index in [1.54, 1.807) is 0 Å². The first-order valence-electron chi connectivity index (χ1n) is 5.88. The minimum Gasteiger partial charge on any atom is -0.325 e. The van der Waals surface area contributed by atoms with Crippen LogP contribution in [0.25, 0.3) is 0 Å². The van der Waals surface area contributed by atoms with Gasteiger partial charge in [0.25, 0.3) is 0 Å². The Balaban J connectivity index is 2.81. The number of benzene rings is 1. The summed E-state index contributed by atoms with van der Waals surface area (Å²) in [5, 5.41) is 2.64. The highest BCUT2D eigenvalue weighted by atomic mass is 32.2. The van der Waals surface area contributed by atoms with Crippen molar-refractivity contribution in [1.29, 1.82) is 0 Å². The molecule has 0 saturated carbocycles. The van der Waals surface area contributed by atoms with Crippen LogP contribution in [0.2, 0.25) is 0 Å². The predicted octanol–water partition coefficient (Wildman–Crippen LogP) is 0.517. The lowest BCUT2D eigenvalue weighted by atomic mass is 10.1. The summed E-state index contributed by atoms with van der Waals surface area (Å²) in [4.78, 5) is 11.9. The zero-order chi connectivity index (χ0) is 14.6. The van der Waals surface area contributed by atoms with Gasteiger partial charge in [-0.3, -0.25) is 4.79 Å². The third-order valence-electron chi connectivity index (χ3n) is 2.72. The van der Waals surface area contributed by atoms with E-state index in [2.05, 4.69) is 10.0 Å². The fourth-order valence-electron chi connectivity index (χ4n) is 1.36. The summed E-state index contributed by atoms with van der Waals surface area (Å²) in [6, 6.07) is 5.29. The van der Waals surface area contributed by atoms with Gasteiger partial charge in [0.05, 0.1) is 10.9 Å². The SMILES string of the molecule is CNS(=O)(=O)c1ccc(NC(=O)[C@H](N)C(C)C)cc1. The second kappa shape index (κ2) is 6.14. The van der Waals surface area contributed by atoms with Crippen LogP contribution in [0, 0.1) is 5.92 Å². The van der Waals surface area contributed by atoms with Crippen LogP contribution < -0.4 is 15.8 Å². The molecular weight excluding hydrogens is 266 g/mol. The zero-order valence-corrected chi connectivity index (χ0v) is 12.0. The second-order valence-corrected chi connectivity index (χ2v) is 6.38. The summed E-state index contributed by atoms with van der Waals surface area (Å²) in [6.07, 6.45) is 0. The number of hydrogen-bond acceptors (Lipinski definition) is 4. The van der Waals surface area contributed by atoms with Gasteiger partial charge in [-0.25, -0.2) is 13.1 Å². The number of carbonyl (C=O) groups excluding carboxylic acids is 1. The van der Waals surface area contributed by atoms with Crippen molar-refractivity contribution in [3.63, 3.8) is 0 Å². The van der Waals surface area contributed by atoms with E-state index >= 15 is 0 Å². The third-order valence-corrected chi connectivity index (χ3v) is 4.15. The van der Waals surface area contributed by atoms with Gasteiger partial charge in [0.1, 0.15) is 0 Å².